The van der Waals surface area contributed by atoms with Crippen LogP contribution in [0.4, 0.5) is 15.8 Å². The maximum absolute atomic E-state index is 13.7. The molecule has 0 radical (unpaired) electrons. The summed E-state index contributed by atoms with van der Waals surface area (Å²) in [6.45, 7) is 4.36. The Labute approximate surface area is 123 Å². The number of hydrogen-bond donors (Lipinski definition) is 2. The van der Waals surface area contributed by atoms with E-state index >= 15 is 0 Å². The number of imidazole rings is 1. The van der Waals surface area contributed by atoms with E-state index in [2.05, 4.69) is 10.3 Å². The summed E-state index contributed by atoms with van der Waals surface area (Å²) in [5.41, 5.74) is 6.86. The van der Waals surface area contributed by atoms with Gasteiger partial charge in [0.15, 0.2) is 11.6 Å². The minimum atomic E-state index is -0.448. The first-order chi connectivity index (χ1) is 9.97. The molecule has 1 aromatic heterocycles. The number of hydrogen-bond acceptors (Lipinski definition) is 4. The monoisotopic (exact) mass is 292 g/mol. The third-order valence-electron chi connectivity index (χ3n) is 3.05. The molecule has 0 aliphatic rings. The van der Waals surface area contributed by atoms with Crippen LogP contribution in [0.3, 0.4) is 0 Å². The molecule has 21 heavy (non-hydrogen) atoms. The molecule has 0 atom stereocenters. The molecule has 1 heterocycles. The number of anilines is 2. The van der Waals surface area contributed by atoms with Crippen LogP contribution in [0.25, 0.3) is 0 Å². The fourth-order valence-corrected chi connectivity index (χ4v) is 2.01. The van der Waals surface area contributed by atoms with Gasteiger partial charge in [0.2, 0.25) is 0 Å². The van der Waals surface area contributed by atoms with Crippen LogP contribution in [0.15, 0.2) is 24.5 Å². The van der Waals surface area contributed by atoms with Crippen molar-refractivity contribution < 1.29 is 9.13 Å². The number of aryl methyl sites for hydroxylation is 1. The van der Waals surface area contributed by atoms with Gasteiger partial charge in [0, 0.05) is 44.5 Å². The number of halogens is 1. The molecule has 114 valence electrons. The molecule has 0 saturated carbocycles. The Hall–Kier alpha value is -2.24. The van der Waals surface area contributed by atoms with Gasteiger partial charge in [-0.1, -0.05) is 0 Å². The molecule has 0 saturated heterocycles. The predicted molar refractivity (Wildman–Crippen MR) is 82.0 cm³/mol. The average Bonchev–Trinajstić information content (AvgIpc) is 2.80. The normalized spacial score (nSPS) is 10.9. The van der Waals surface area contributed by atoms with Crippen molar-refractivity contribution in [2.75, 3.05) is 17.6 Å². The van der Waals surface area contributed by atoms with Crippen molar-refractivity contribution in [3.63, 3.8) is 0 Å². The van der Waals surface area contributed by atoms with Crippen molar-refractivity contribution in [3.8, 4) is 5.75 Å². The van der Waals surface area contributed by atoms with E-state index < -0.39 is 5.82 Å². The number of nitrogens with two attached hydrogens (primary N) is 1. The first-order valence-electron chi connectivity index (χ1n) is 6.93. The van der Waals surface area contributed by atoms with Crippen LogP contribution in [-0.2, 0) is 13.5 Å². The lowest BCUT2D eigenvalue weighted by molar-refractivity contribution is 0.231. The fourth-order valence-electron chi connectivity index (χ4n) is 2.01. The van der Waals surface area contributed by atoms with Gasteiger partial charge in [-0.05, 0) is 13.8 Å². The van der Waals surface area contributed by atoms with E-state index in [1.165, 1.54) is 6.07 Å². The highest BCUT2D eigenvalue weighted by molar-refractivity contribution is 5.68. The van der Waals surface area contributed by atoms with Crippen molar-refractivity contribution in [3.05, 3.63) is 36.2 Å². The molecule has 1 aromatic carbocycles. The third-order valence-corrected chi connectivity index (χ3v) is 3.05. The van der Waals surface area contributed by atoms with Gasteiger partial charge in [-0.15, -0.1) is 0 Å². The second-order valence-corrected chi connectivity index (χ2v) is 5.17. The second kappa shape index (κ2) is 6.47. The molecule has 0 bridgehead atoms. The summed E-state index contributed by atoms with van der Waals surface area (Å²) in [6.07, 6.45) is 4.32. The molecule has 5 nitrogen and oxygen atoms in total. The summed E-state index contributed by atoms with van der Waals surface area (Å²) in [7, 11) is 1.95. The largest absolute Gasteiger partial charge is 0.488 e. The number of nitrogen functional groups attached to an aromatic ring is 1. The Bertz CT molecular complexity index is 610. The van der Waals surface area contributed by atoms with Gasteiger partial charge in [0.1, 0.15) is 5.82 Å². The Morgan fingerprint density at radius 1 is 1.43 bits per heavy atom. The second-order valence-electron chi connectivity index (χ2n) is 5.17. The lowest BCUT2D eigenvalue weighted by atomic mass is 10.2. The lowest BCUT2D eigenvalue weighted by Crippen LogP contribution is -2.12. The molecule has 6 heteroatoms. The molecule has 2 aromatic rings. The van der Waals surface area contributed by atoms with E-state index in [1.54, 1.807) is 12.3 Å². The van der Waals surface area contributed by atoms with E-state index in [-0.39, 0.29) is 11.9 Å². The highest BCUT2D eigenvalue weighted by Gasteiger charge is 2.10. The van der Waals surface area contributed by atoms with Gasteiger partial charge in [0.05, 0.1) is 17.5 Å². The van der Waals surface area contributed by atoms with Crippen LogP contribution >= 0.6 is 0 Å². The zero-order valence-electron chi connectivity index (χ0n) is 12.6. The van der Waals surface area contributed by atoms with Gasteiger partial charge in [0.25, 0.3) is 0 Å². The summed E-state index contributed by atoms with van der Waals surface area (Å²) in [6, 6.07) is 2.88. The summed E-state index contributed by atoms with van der Waals surface area (Å²) in [5.74, 6) is 0.733. The quantitative estimate of drug-likeness (QED) is 0.803. The number of nitrogens with one attached hydrogen (secondary N) is 1. The van der Waals surface area contributed by atoms with Gasteiger partial charge in [-0.3, -0.25) is 0 Å². The van der Waals surface area contributed by atoms with Crippen molar-refractivity contribution >= 4 is 11.4 Å². The Balaban J connectivity index is 2.03. The van der Waals surface area contributed by atoms with E-state index in [1.807, 2.05) is 31.7 Å². The molecule has 0 spiro atoms. The van der Waals surface area contributed by atoms with Crippen LogP contribution in [0.5, 0.6) is 5.75 Å². The van der Waals surface area contributed by atoms with Crippen molar-refractivity contribution in [2.24, 2.45) is 7.05 Å². The summed E-state index contributed by atoms with van der Waals surface area (Å²) >= 11 is 0. The van der Waals surface area contributed by atoms with Gasteiger partial charge < -0.3 is 20.4 Å². The number of aromatic nitrogens is 2. The van der Waals surface area contributed by atoms with Crippen LogP contribution in [0, 0.1) is 5.82 Å². The van der Waals surface area contributed by atoms with E-state index in [0.717, 1.165) is 12.2 Å². The number of benzene rings is 1. The number of nitrogens with zero attached hydrogens (tertiary/aromatic N) is 2. The highest BCUT2D eigenvalue weighted by atomic mass is 19.1. The maximum atomic E-state index is 13.7. The molecule has 0 aliphatic heterocycles. The predicted octanol–water partition coefficient (Wildman–Crippen LogP) is 2.58. The molecule has 2 rings (SSSR count). The SMILES string of the molecule is CC(C)Oc1cc(NCCc2nccn2C)c(N)cc1F. The summed E-state index contributed by atoms with van der Waals surface area (Å²) in [5, 5.41) is 3.19. The van der Waals surface area contributed by atoms with Gasteiger partial charge in [-0.25, -0.2) is 9.37 Å². The fraction of sp³-hybridized carbons (Fsp3) is 0.400. The highest BCUT2D eigenvalue weighted by Crippen LogP contribution is 2.28. The molecular weight excluding hydrogens is 271 g/mol. The summed E-state index contributed by atoms with van der Waals surface area (Å²) < 4.78 is 21.1. The lowest BCUT2D eigenvalue weighted by Gasteiger charge is -2.15. The van der Waals surface area contributed by atoms with Gasteiger partial charge >= 0.3 is 0 Å². The standard InChI is InChI=1S/C15H21FN4O/c1-10(2)21-14-9-13(12(17)8-11(14)16)18-5-4-15-19-6-7-20(15)3/h6-10,18H,4-5,17H2,1-3H3. The molecule has 0 aliphatic carbocycles. The van der Waals surface area contributed by atoms with E-state index in [9.17, 15) is 4.39 Å². The number of ether oxygens (including phenoxy) is 1. The average molecular weight is 292 g/mol. The summed E-state index contributed by atoms with van der Waals surface area (Å²) in [4.78, 5) is 4.25. The Morgan fingerprint density at radius 3 is 2.81 bits per heavy atom. The molecule has 0 amide bonds. The first kappa shape index (κ1) is 15.2. The Kier molecular flexibility index (Phi) is 4.67. The van der Waals surface area contributed by atoms with Crippen LogP contribution in [0.2, 0.25) is 0 Å². The zero-order valence-corrected chi connectivity index (χ0v) is 12.6. The zero-order chi connectivity index (χ0) is 15.4. The Morgan fingerprint density at radius 2 is 2.19 bits per heavy atom. The number of rotatable bonds is 6. The van der Waals surface area contributed by atoms with Crippen molar-refractivity contribution in [2.45, 2.75) is 26.4 Å². The topological polar surface area (TPSA) is 65.1 Å². The first-order valence-corrected chi connectivity index (χ1v) is 6.93. The van der Waals surface area contributed by atoms with Crippen LogP contribution in [-0.4, -0.2) is 22.2 Å². The van der Waals surface area contributed by atoms with Gasteiger partial charge in [-0.2, -0.15) is 0 Å². The molecular formula is C15H21FN4O. The molecule has 0 unspecified atom stereocenters. The minimum absolute atomic E-state index is 0.0939. The maximum Gasteiger partial charge on any atom is 0.167 e. The van der Waals surface area contributed by atoms with Crippen molar-refractivity contribution in [1.82, 2.24) is 9.55 Å². The van der Waals surface area contributed by atoms with Crippen molar-refractivity contribution in [1.29, 1.82) is 0 Å². The smallest absolute Gasteiger partial charge is 0.167 e. The van der Waals surface area contributed by atoms with Crippen LogP contribution in [0.1, 0.15) is 19.7 Å². The van der Waals surface area contributed by atoms with E-state index in [4.69, 9.17) is 10.5 Å². The molecule has 0 fully saturated rings. The minimum Gasteiger partial charge on any atom is -0.488 e. The van der Waals surface area contributed by atoms with E-state index in [0.29, 0.717) is 17.9 Å². The third kappa shape index (κ3) is 3.87. The van der Waals surface area contributed by atoms with Crippen LogP contribution < -0.4 is 15.8 Å². The molecule has 3 N–H and O–H groups in total.